The number of carbonyl (C=O) groups is 1. The average molecular weight is 380 g/mol. The molecule has 6 heteroatoms. The minimum Gasteiger partial charge on any atom is -0.486 e. The van der Waals surface area contributed by atoms with Crippen LogP contribution in [-0.2, 0) is 9.53 Å². The van der Waals surface area contributed by atoms with Crippen molar-refractivity contribution in [2.24, 2.45) is 0 Å². The lowest BCUT2D eigenvalue weighted by Gasteiger charge is -2.22. The number of rotatable bonds is 7. The molecular formula is C22H24N2O4. The van der Waals surface area contributed by atoms with E-state index in [2.05, 4.69) is 16.4 Å². The quantitative estimate of drug-likeness (QED) is 0.618. The molecule has 3 aromatic rings. The number of amides is 1. The van der Waals surface area contributed by atoms with Crippen molar-refractivity contribution >= 4 is 16.8 Å². The Morgan fingerprint density at radius 2 is 2.00 bits per heavy atom. The maximum Gasteiger partial charge on any atom is 0.221 e. The molecule has 0 saturated carbocycles. The predicted octanol–water partition coefficient (Wildman–Crippen LogP) is 3.22. The number of para-hydroxylation sites is 1. The van der Waals surface area contributed by atoms with Gasteiger partial charge < -0.3 is 24.5 Å². The Hall–Kier alpha value is -2.99. The summed E-state index contributed by atoms with van der Waals surface area (Å²) in [7, 11) is 1.62. The van der Waals surface area contributed by atoms with Crippen LogP contribution >= 0.6 is 0 Å². The van der Waals surface area contributed by atoms with Gasteiger partial charge >= 0.3 is 0 Å². The van der Waals surface area contributed by atoms with Gasteiger partial charge in [0.1, 0.15) is 13.2 Å². The van der Waals surface area contributed by atoms with Gasteiger partial charge in [0.2, 0.25) is 5.91 Å². The molecule has 146 valence electrons. The summed E-state index contributed by atoms with van der Waals surface area (Å²) in [6.07, 6.45) is 2.33. The first-order valence-corrected chi connectivity index (χ1v) is 9.47. The number of fused-ring (bicyclic) bond motifs is 2. The number of aromatic amines is 1. The first-order valence-electron chi connectivity index (χ1n) is 9.47. The lowest BCUT2D eigenvalue weighted by Crippen LogP contribution is -2.28. The summed E-state index contributed by atoms with van der Waals surface area (Å²) >= 11 is 0. The second-order valence-electron chi connectivity index (χ2n) is 6.79. The standard InChI is InChI=1S/C22H24N2O4/c1-26-9-8-23-22(25)13-17(18-14-24-19-5-3-2-4-16(18)19)15-6-7-20-21(12-15)28-11-10-27-20/h2-7,12,14,17,24H,8-11,13H2,1H3,(H,23,25)/t17-/m1/s1. The molecule has 1 atom stereocenters. The second-order valence-corrected chi connectivity index (χ2v) is 6.79. The molecule has 1 aliphatic heterocycles. The van der Waals surface area contributed by atoms with E-state index in [1.54, 1.807) is 7.11 Å². The van der Waals surface area contributed by atoms with E-state index in [0.29, 0.717) is 32.8 Å². The highest BCUT2D eigenvalue weighted by atomic mass is 16.6. The van der Waals surface area contributed by atoms with Crippen molar-refractivity contribution in [2.75, 3.05) is 33.5 Å². The van der Waals surface area contributed by atoms with Gasteiger partial charge in [-0.3, -0.25) is 4.79 Å². The number of methoxy groups -OCH3 is 1. The normalized spacial score (nSPS) is 14.0. The highest BCUT2D eigenvalue weighted by molar-refractivity contribution is 5.86. The number of benzene rings is 2. The summed E-state index contributed by atoms with van der Waals surface area (Å²) in [4.78, 5) is 15.9. The van der Waals surface area contributed by atoms with Crippen LogP contribution in [-0.4, -0.2) is 44.4 Å². The van der Waals surface area contributed by atoms with E-state index in [4.69, 9.17) is 14.2 Å². The van der Waals surface area contributed by atoms with Gasteiger partial charge in [-0.05, 0) is 29.3 Å². The van der Waals surface area contributed by atoms with Gasteiger partial charge in [-0.1, -0.05) is 24.3 Å². The first-order chi connectivity index (χ1) is 13.8. The molecule has 0 spiro atoms. The minimum absolute atomic E-state index is 0.0118. The molecule has 1 aromatic heterocycles. The van der Waals surface area contributed by atoms with Crippen molar-refractivity contribution in [3.05, 3.63) is 59.8 Å². The largest absolute Gasteiger partial charge is 0.486 e. The third kappa shape index (κ3) is 3.82. The number of nitrogens with one attached hydrogen (secondary N) is 2. The Kier molecular flexibility index (Phi) is 5.48. The Bertz CT molecular complexity index is 966. The smallest absolute Gasteiger partial charge is 0.221 e. The lowest BCUT2D eigenvalue weighted by molar-refractivity contribution is -0.121. The Labute approximate surface area is 163 Å². The maximum absolute atomic E-state index is 12.6. The van der Waals surface area contributed by atoms with E-state index >= 15 is 0 Å². The number of ether oxygens (including phenoxy) is 3. The fourth-order valence-electron chi connectivity index (χ4n) is 3.62. The molecule has 2 aromatic carbocycles. The summed E-state index contributed by atoms with van der Waals surface area (Å²) in [6.45, 7) is 2.08. The average Bonchev–Trinajstić information content (AvgIpc) is 3.16. The molecule has 2 N–H and O–H groups in total. The zero-order chi connectivity index (χ0) is 19.3. The highest BCUT2D eigenvalue weighted by Crippen LogP contribution is 2.38. The van der Waals surface area contributed by atoms with E-state index in [1.807, 2.05) is 42.6 Å². The summed E-state index contributed by atoms with van der Waals surface area (Å²) < 4.78 is 16.4. The topological polar surface area (TPSA) is 72.6 Å². The van der Waals surface area contributed by atoms with Gasteiger partial charge in [-0.2, -0.15) is 0 Å². The molecule has 4 rings (SSSR count). The minimum atomic E-state index is -0.102. The van der Waals surface area contributed by atoms with Gasteiger partial charge in [0, 0.05) is 43.1 Å². The number of hydrogen-bond acceptors (Lipinski definition) is 4. The van der Waals surface area contributed by atoms with Crippen molar-refractivity contribution in [1.82, 2.24) is 10.3 Å². The van der Waals surface area contributed by atoms with Crippen LogP contribution in [0.3, 0.4) is 0 Å². The van der Waals surface area contributed by atoms with Crippen LogP contribution in [0.25, 0.3) is 10.9 Å². The van der Waals surface area contributed by atoms with Crippen molar-refractivity contribution in [3.63, 3.8) is 0 Å². The maximum atomic E-state index is 12.6. The number of aromatic nitrogens is 1. The molecule has 0 fully saturated rings. The summed E-state index contributed by atoms with van der Waals surface area (Å²) in [5.74, 6) is 1.36. The first kappa shape index (κ1) is 18.4. The van der Waals surface area contributed by atoms with Crippen LogP contribution in [0.4, 0.5) is 0 Å². The predicted molar refractivity (Wildman–Crippen MR) is 107 cm³/mol. The number of carbonyl (C=O) groups excluding carboxylic acids is 1. The second kappa shape index (κ2) is 8.35. The monoisotopic (exact) mass is 380 g/mol. The van der Waals surface area contributed by atoms with Crippen LogP contribution in [0.15, 0.2) is 48.7 Å². The van der Waals surface area contributed by atoms with Gasteiger partial charge in [0.25, 0.3) is 0 Å². The van der Waals surface area contributed by atoms with Crippen LogP contribution in [0, 0.1) is 0 Å². The summed E-state index contributed by atoms with van der Waals surface area (Å²) in [6, 6.07) is 14.1. The molecular weight excluding hydrogens is 356 g/mol. The van der Waals surface area contributed by atoms with E-state index in [-0.39, 0.29) is 11.8 Å². The molecule has 0 bridgehead atoms. The van der Waals surface area contributed by atoms with Crippen molar-refractivity contribution < 1.29 is 19.0 Å². The molecule has 1 amide bonds. The molecule has 0 unspecified atom stereocenters. The van der Waals surface area contributed by atoms with E-state index in [1.165, 1.54) is 0 Å². The van der Waals surface area contributed by atoms with Gasteiger partial charge in [-0.25, -0.2) is 0 Å². The van der Waals surface area contributed by atoms with Crippen LogP contribution in [0.1, 0.15) is 23.5 Å². The van der Waals surface area contributed by atoms with Crippen molar-refractivity contribution in [1.29, 1.82) is 0 Å². The fourth-order valence-corrected chi connectivity index (χ4v) is 3.62. The molecule has 0 aliphatic carbocycles. The SMILES string of the molecule is COCCNC(=O)C[C@H](c1ccc2c(c1)OCCO2)c1c[nH]c2ccccc12. The van der Waals surface area contributed by atoms with Crippen LogP contribution in [0.2, 0.25) is 0 Å². The number of hydrogen-bond donors (Lipinski definition) is 2. The van der Waals surface area contributed by atoms with E-state index in [0.717, 1.165) is 33.5 Å². The van der Waals surface area contributed by atoms with Gasteiger partial charge in [0.15, 0.2) is 11.5 Å². The fraction of sp³-hybridized carbons (Fsp3) is 0.318. The Balaban J connectivity index is 1.68. The number of H-pyrrole nitrogens is 1. The summed E-state index contributed by atoms with van der Waals surface area (Å²) in [5.41, 5.74) is 3.17. The lowest BCUT2D eigenvalue weighted by atomic mass is 9.87. The summed E-state index contributed by atoms with van der Waals surface area (Å²) in [5, 5.41) is 4.04. The molecule has 2 heterocycles. The van der Waals surface area contributed by atoms with Crippen molar-refractivity contribution in [3.8, 4) is 11.5 Å². The highest BCUT2D eigenvalue weighted by Gasteiger charge is 2.23. The van der Waals surface area contributed by atoms with Gasteiger partial charge in [-0.15, -0.1) is 0 Å². The van der Waals surface area contributed by atoms with E-state index in [9.17, 15) is 4.79 Å². The van der Waals surface area contributed by atoms with Crippen LogP contribution < -0.4 is 14.8 Å². The molecule has 28 heavy (non-hydrogen) atoms. The Morgan fingerprint density at radius 3 is 2.86 bits per heavy atom. The van der Waals surface area contributed by atoms with E-state index < -0.39 is 0 Å². The zero-order valence-electron chi connectivity index (χ0n) is 15.9. The zero-order valence-corrected chi connectivity index (χ0v) is 15.9. The van der Waals surface area contributed by atoms with Crippen molar-refractivity contribution in [2.45, 2.75) is 12.3 Å². The third-order valence-corrected chi connectivity index (χ3v) is 4.98. The van der Waals surface area contributed by atoms with Crippen LogP contribution in [0.5, 0.6) is 11.5 Å². The third-order valence-electron chi connectivity index (χ3n) is 4.98. The molecule has 1 aliphatic rings. The molecule has 0 saturated heterocycles. The molecule has 6 nitrogen and oxygen atoms in total. The molecule has 0 radical (unpaired) electrons. The Morgan fingerprint density at radius 1 is 1.18 bits per heavy atom. The van der Waals surface area contributed by atoms with Gasteiger partial charge in [0.05, 0.1) is 6.61 Å².